The predicted molar refractivity (Wildman–Crippen MR) is 38.0 cm³/mol. The van der Waals surface area contributed by atoms with Crippen molar-refractivity contribution in [2.45, 2.75) is 0 Å². The molecule has 0 atom stereocenters. The Morgan fingerprint density at radius 1 is 0.286 bits per heavy atom. The van der Waals surface area contributed by atoms with Crippen LogP contribution in [0.1, 0.15) is 0 Å². The first-order chi connectivity index (χ1) is 3.95. The minimum Gasteiger partial charge on any atom is -2.00 e. The number of nitrogens with one attached hydrogen (secondary N) is 2. The summed E-state index contributed by atoms with van der Waals surface area (Å²) in [7, 11) is 0. The maximum atomic E-state index is 1.85. The fourth-order valence-corrected chi connectivity index (χ4v) is 1.81. The van der Waals surface area contributed by atoms with E-state index in [0.717, 1.165) is 0 Å². The third-order valence-corrected chi connectivity index (χ3v) is 2.50. The summed E-state index contributed by atoms with van der Waals surface area (Å²) in [5.41, 5.74) is 0. The van der Waals surface area contributed by atoms with E-state index in [9.17, 15) is 0 Å². The molecule has 3 aliphatic heterocycles. The Labute approximate surface area is 156 Å². The molecule has 0 spiro atoms. The van der Waals surface area contributed by atoms with Gasteiger partial charge in [-0.25, -0.2) is 0 Å². The van der Waals surface area contributed by atoms with Gasteiger partial charge in [0.25, 0.3) is 0 Å². The molecular formula is C6H14Cr3N2O10. The van der Waals surface area contributed by atoms with Crippen LogP contribution in [0.15, 0.2) is 0 Å². The number of piperazine rings is 3. The Kier molecular flexibility index (Phi) is 228. The van der Waals surface area contributed by atoms with Gasteiger partial charge in [-0.15, -0.1) is 0 Å². The quantitative estimate of drug-likeness (QED) is 0.368. The normalized spacial score (nSPS) is 17.1. The molecule has 0 saturated carbocycles. The first-order valence-corrected chi connectivity index (χ1v) is 3.62. The smallest absolute Gasteiger partial charge is 2.00 e. The van der Waals surface area contributed by atoms with Gasteiger partial charge < -0.3 is 64.6 Å². The van der Waals surface area contributed by atoms with Crippen LogP contribution >= 0.6 is 0 Å². The van der Waals surface area contributed by atoms with Gasteiger partial charge in [-0.2, -0.15) is 0 Å². The summed E-state index contributed by atoms with van der Waals surface area (Å²) in [5, 5.41) is 0. The number of hydrogen-bond donors (Lipinski definition) is 2. The first kappa shape index (κ1) is 96.4. The first-order valence-electron chi connectivity index (χ1n) is 3.62. The molecule has 0 amide bonds. The van der Waals surface area contributed by atoms with Crippen LogP contribution in [0.2, 0.25) is 0 Å². The molecular weight excluding hydrogens is 416 g/mol. The van der Waals surface area contributed by atoms with Crippen LogP contribution in [0.3, 0.4) is 0 Å². The summed E-state index contributed by atoms with van der Waals surface area (Å²) in [5.74, 6) is 0. The van der Waals surface area contributed by atoms with Gasteiger partial charge >= 0.3 is 52.1 Å². The number of fused-ring (bicyclic) bond motifs is 3. The topological polar surface area (TPSA) is 294 Å². The maximum Gasteiger partial charge on any atom is 6.00 e. The zero-order valence-corrected chi connectivity index (χ0v) is 14.4. The molecule has 15 heteroatoms. The van der Waals surface area contributed by atoms with E-state index < -0.39 is 0 Å². The van der Waals surface area contributed by atoms with Crippen molar-refractivity contribution in [2.24, 2.45) is 0 Å². The number of quaternary nitrogens is 2. The van der Waals surface area contributed by atoms with Crippen molar-refractivity contribution in [2.75, 3.05) is 39.3 Å². The molecule has 126 valence electrons. The van der Waals surface area contributed by atoms with Crippen LogP contribution in [0.4, 0.5) is 0 Å². The molecule has 3 aliphatic rings. The summed E-state index contributed by atoms with van der Waals surface area (Å²) in [4.78, 5) is 3.69. The van der Waals surface area contributed by atoms with Gasteiger partial charge in [0.1, 0.15) is 39.3 Å². The van der Waals surface area contributed by atoms with Gasteiger partial charge in [0.2, 0.25) is 0 Å². The molecule has 12 nitrogen and oxygen atoms in total. The zero-order valence-electron chi connectivity index (χ0n) is 10.5. The molecule has 2 N–H and O–H groups in total. The second-order valence-electron chi connectivity index (χ2n) is 3.00. The predicted octanol–water partition coefficient (Wildman–Crippen LogP) is -4.41. The van der Waals surface area contributed by atoms with E-state index >= 15 is 0 Å². The van der Waals surface area contributed by atoms with Crippen molar-refractivity contribution in [1.29, 1.82) is 0 Å². The SMILES string of the molecule is C1C[NH+]2CC[NH+]1CC2.[Cr+6].[Cr+6].[Cr+6].[O-2].[O-2].[O-2].[O-2].[O-2].[O-2].[O-2].[O-2].[O-2].[O-2]. The minimum absolute atomic E-state index is 0. The number of rotatable bonds is 0. The maximum absolute atomic E-state index is 1.85. The Morgan fingerprint density at radius 2 is 0.381 bits per heavy atom. The van der Waals surface area contributed by atoms with Crippen LogP contribution in [-0.2, 0) is 107 Å². The Balaban J connectivity index is -0.00000000623. The van der Waals surface area contributed by atoms with E-state index in [-0.39, 0.29) is 107 Å². The molecule has 2 bridgehead atoms. The molecule has 3 saturated heterocycles. The van der Waals surface area contributed by atoms with E-state index in [1.165, 1.54) is 39.3 Å². The molecule has 3 fully saturated rings. The van der Waals surface area contributed by atoms with Crippen LogP contribution in [0, 0.1) is 0 Å². The van der Waals surface area contributed by atoms with Crippen molar-refractivity contribution in [3.8, 4) is 0 Å². The zero-order chi connectivity index (χ0) is 5.40. The minimum atomic E-state index is 0. The van der Waals surface area contributed by atoms with Crippen LogP contribution in [-0.4, -0.2) is 39.3 Å². The molecule has 0 aromatic carbocycles. The van der Waals surface area contributed by atoms with E-state index in [1.807, 2.05) is 9.80 Å². The molecule has 3 rings (SSSR count). The average Bonchev–Trinajstić information content (AvgIpc) is 1.92. The van der Waals surface area contributed by atoms with E-state index in [0.29, 0.717) is 0 Å². The van der Waals surface area contributed by atoms with Crippen molar-refractivity contribution in [3.05, 3.63) is 0 Å². The van der Waals surface area contributed by atoms with Crippen molar-refractivity contribution < 1.29 is 117 Å². The van der Waals surface area contributed by atoms with E-state index in [1.54, 1.807) is 0 Å². The van der Waals surface area contributed by atoms with Crippen LogP contribution in [0.25, 0.3) is 0 Å². The van der Waals surface area contributed by atoms with Crippen molar-refractivity contribution >= 4 is 0 Å². The Hall–Kier alpha value is 1.12. The Bertz CT molecular complexity index is 91.8. The van der Waals surface area contributed by atoms with Crippen molar-refractivity contribution in [1.82, 2.24) is 0 Å². The molecule has 3 heterocycles. The summed E-state index contributed by atoms with van der Waals surface area (Å²) in [6.45, 7) is 8.64. The van der Waals surface area contributed by atoms with Gasteiger partial charge in [0.05, 0.1) is 0 Å². The summed E-state index contributed by atoms with van der Waals surface area (Å²) < 4.78 is 0. The van der Waals surface area contributed by atoms with Gasteiger partial charge in [0.15, 0.2) is 0 Å². The largest absolute Gasteiger partial charge is 6.00 e. The summed E-state index contributed by atoms with van der Waals surface area (Å²) in [6.07, 6.45) is 0. The van der Waals surface area contributed by atoms with Crippen molar-refractivity contribution in [3.63, 3.8) is 0 Å². The third-order valence-electron chi connectivity index (χ3n) is 2.50. The van der Waals surface area contributed by atoms with E-state index in [4.69, 9.17) is 0 Å². The van der Waals surface area contributed by atoms with Gasteiger partial charge in [0, 0.05) is 0 Å². The molecule has 0 aromatic heterocycles. The standard InChI is InChI=1S/C6H12N2.3Cr.10O/c1-2-8-5-3-7(1)4-6-8;;;;;;;;;;;;;/h1-6H2;;;;;;;;;;;;;/q;3*+6;10*-2/p+2. The van der Waals surface area contributed by atoms with Gasteiger partial charge in [-0.3, -0.25) is 0 Å². The van der Waals surface area contributed by atoms with E-state index in [2.05, 4.69) is 0 Å². The second-order valence-corrected chi connectivity index (χ2v) is 3.00. The van der Waals surface area contributed by atoms with Gasteiger partial charge in [-0.1, -0.05) is 0 Å². The fourth-order valence-electron chi connectivity index (χ4n) is 1.81. The summed E-state index contributed by atoms with van der Waals surface area (Å²) in [6, 6.07) is 0. The second kappa shape index (κ2) is 49.7. The molecule has 21 heavy (non-hydrogen) atoms. The molecule has 0 radical (unpaired) electrons. The molecule has 0 aromatic rings. The fraction of sp³-hybridized carbons (Fsp3) is 1.00. The third kappa shape index (κ3) is 29.7. The Morgan fingerprint density at radius 3 is 0.429 bits per heavy atom. The number of hydrogen-bond acceptors (Lipinski definition) is 0. The monoisotopic (exact) mass is 430 g/mol. The molecule has 0 aliphatic carbocycles. The summed E-state index contributed by atoms with van der Waals surface area (Å²) >= 11 is 0. The van der Waals surface area contributed by atoms with Gasteiger partial charge in [-0.05, 0) is 0 Å². The average molecular weight is 430 g/mol. The molecule has 0 unspecified atom stereocenters. The van der Waals surface area contributed by atoms with Crippen LogP contribution < -0.4 is 9.80 Å². The van der Waals surface area contributed by atoms with Crippen LogP contribution in [0.5, 0.6) is 0 Å².